The average Bonchev–Trinajstić information content (AvgIpc) is 2.95. The van der Waals surface area contributed by atoms with Crippen molar-refractivity contribution in [2.24, 2.45) is 0 Å². The molecular formula is C11H7ClO4S. The minimum Gasteiger partial charge on any atom is -0.463 e. The van der Waals surface area contributed by atoms with Crippen molar-refractivity contribution in [3.05, 3.63) is 45.0 Å². The molecule has 2 heterocycles. The molecule has 0 spiro atoms. The molecule has 0 fully saturated rings. The van der Waals surface area contributed by atoms with E-state index in [0.717, 1.165) is 11.3 Å². The number of thiophene rings is 1. The van der Waals surface area contributed by atoms with E-state index in [0.29, 0.717) is 9.21 Å². The van der Waals surface area contributed by atoms with Gasteiger partial charge in [0, 0.05) is 0 Å². The fourth-order valence-electron chi connectivity index (χ4n) is 1.23. The number of carbonyl (C=O) groups is 2. The quantitative estimate of drug-likeness (QED) is 0.635. The summed E-state index contributed by atoms with van der Waals surface area (Å²) in [5.41, 5.74) is 0. The van der Waals surface area contributed by atoms with Crippen molar-refractivity contribution >= 4 is 34.7 Å². The summed E-state index contributed by atoms with van der Waals surface area (Å²) in [5.74, 6) is -0.840. The lowest BCUT2D eigenvalue weighted by molar-refractivity contribution is 0.0563. The Labute approximate surface area is 106 Å². The summed E-state index contributed by atoms with van der Waals surface area (Å²) in [6, 6.07) is 6.07. The molecule has 0 aliphatic heterocycles. The van der Waals surface area contributed by atoms with E-state index in [-0.39, 0.29) is 17.3 Å². The molecule has 2 aromatic heterocycles. The summed E-state index contributed by atoms with van der Waals surface area (Å²) in [6.45, 7) is 0. The highest BCUT2D eigenvalue weighted by Crippen LogP contribution is 2.24. The number of ether oxygens (including phenoxy) is 1. The van der Waals surface area contributed by atoms with E-state index >= 15 is 0 Å². The number of hydrogen-bond donors (Lipinski definition) is 0. The third kappa shape index (κ3) is 2.40. The molecular weight excluding hydrogens is 264 g/mol. The lowest BCUT2D eigenvalue weighted by Gasteiger charge is -1.94. The van der Waals surface area contributed by atoms with Gasteiger partial charge in [-0.3, -0.25) is 4.79 Å². The molecule has 0 saturated heterocycles. The summed E-state index contributed by atoms with van der Waals surface area (Å²) >= 11 is 6.89. The predicted molar refractivity (Wildman–Crippen MR) is 62.8 cm³/mol. The Morgan fingerprint density at radius 1 is 1.24 bits per heavy atom. The van der Waals surface area contributed by atoms with Crippen molar-refractivity contribution in [3.63, 3.8) is 0 Å². The number of ketones is 1. The third-order valence-corrected chi connectivity index (χ3v) is 3.24. The Kier molecular flexibility index (Phi) is 3.31. The maximum absolute atomic E-state index is 11.9. The van der Waals surface area contributed by atoms with E-state index < -0.39 is 5.97 Å². The van der Waals surface area contributed by atoms with Gasteiger partial charge in [0.1, 0.15) is 0 Å². The van der Waals surface area contributed by atoms with Gasteiger partial charge in [-0.1, -0.05) is 11.6 Å². The van der Waals surface area contributed by atoms with E-state index in [9.17, 15) is 9.59 Å². The largest absolute Gasteiger partial charge is 0.463 e. The van der Waals surface area contributed by atoms with Crippen molar-refractivity contribution in [2.75, 3.05) is 7.11 Å². The van der Waals surface area contributed by atoms with Crippen LogP contribution in [0.5, 0.6) is 0 Å². The zero-order valence-electron chi connectivity index (χ0n) is 8.73. The normalized spacial score (nSPS) is 10.2. The molecule has 2 rings (SSSR count). The zero-order valence-corrected chi connectivity index (χ0v) is 10.3. The van der Waals surface area contributed by atoms with Crippen LogP contribution in [0.1, 0.15) is 26.0 Å². The van der Waals surface area contributed by atoms with Crippen LogP contribution in [-0.4, -0.2) is 18.9 Å². The first-order valence-corrected chi connectivity index (χ1v) is 5.79. The smallest absolute Gasteiger partial charge is 0.373 e. The molecule has 0 saturated carbocycles. The van der Waals surface area contributed by atoms with Gasteiger partial charge in [-0.15, -0.1) is 11.3 Å². The van der Waals surface area contributed by atoms with Crippen molar-refractivity contribution in [3.8, 4) is 0 Å². The van der Waals surface area contributed by atoms with Gasteiger partial charge in [0.25, 0.3) is 0 Å². The first kappa shape index (κ1) is 11.9. The molecule has 6 heteroatoms. The topological polar surface area (TPSA) is 56.5 Å². The zero-order chi connectivity index (χ0) is 12.4. The second-order valence-corrected chi connectivity index (χ2v) is 4.80. The lowest BCUT2D eigenvalue weighted by Crippen LogP contribution is -1.99. The highest BCUT2D eigenvalue weighted by molar-refractivity contribution is 7.18. The van der Waals surface area contributed by atoms with Crippen molar-refractivity contribution in [1.29, 1.82) is 0 Å². The van der Waals surface area contributed by atoms with Crippen LogP contribution in [0, 0.1) is 0 Å². The Morgan fingerprint density at radius 3 is 2.53 bits per heavy atom. The van der Waals surface area contributed by atoms with Crippen molar-refractivity contribution in [2.45, 2.75) is 0 Å². The monoisotopic (exact) mass is 270 g/mol. The molecule has 0 bridgehead atoms. The first-order valence-electron chi connectivity index (χ1n) is 4.60. The van der Waals surface area contributed by atoms with Gasteiger partial charge >= 0.3 is 5.97 Å². The SMILES string of the molecule is COC(=O)c1ccc(C(=O)c2ccc(Cl)s2)o1. The van der Waals surface area contributed by atoms with Gasteiger partial charge in [0.05, 0.1) is 16.3 Å². The summed E-state index contributed by atoms with van der Waals surface area (Å²) in [7, 11) is 1.24. The average molecular weight is 271 g/mol. The molecule has 0 aliphatic rings. The number of methoxy groups -OCH3 is 1. The maximum atomic E-state index is 11.9. The molecule has 88 valence electrons. The fraction of sp³-hybridized carbons (Fsp3) is 0.0909. The minimum atomic E-state index is -0.617. The summed E-state index contributed by atoms with van der Waals surface area (Å²) in [5, 5.41) is 0. The Morgan fingerprint density at radius 2 is 1.94 bits per heavy atom. The van der Waals surface area contributed by atoms with Crippen LogP contribution < -0.4 is 0 Å². The van der Waals surface area contributed by atoms with Crippen LogP contribution in [0.15, 0.2) is 28.7 Å². The molecule has 0 unspecified atom stereocenters. The molecule has 0 N–H and O–H groups in total. The summed E-state index contributed by atoms with van der Waals surface area (Å²) in [4.78, 5) is 23.5. The van der Waals surface area contributed by atoms with Crippen LogP contribution in [0.2, 0.25) is 4.34 Å². The Bertz CT molecular complexity index is 570. The van der Waals surface area contributed by atoms with Gasteiger partial charge in [0.2, 0.25) is 11.5 Å². The third-order valence-electron chi connectivity index (χ3n) is 2.01. The summed E-state index contributed by atoms with van der Waals surface area (Å²) < 4.78 is 10.1. The molecule has 0 aliphatic carbocycles. The second kappa shape index (κ2) is 4.73. The number of hydrogen-bond acceptors (Lipinski definition) is 5. The number of rotatable bonds is 3. The van der Waals surface area contributed by atoms with Crippen molar-refractivity contribution < 1.29 is 18.7 Å². The molecule has 17 heavy (non-hydrogen) atoms. The van der Waals surface area contributed by atoms with E-state index in [1.807, 2.05) is 0 Å². The van der Waals surface area contributed by atoms with Crippen LogP contribution in [-0.2, 0) is 4.74 Å². The van der Waals surface area contributed by atoms with Gasteiger partial charge < -0.3 is 9.15 Å². The molecule has 0 radical (unpaired) electrons. The van der Waals surface area contributed by atoms with Crippen LogP contribution in [0.3, 0.4) is 0 Å². The highest BCUT2D eigenvalue weighted by atomic mass is 35.5. The number of halogens is 1. The standard InChI is InChI=1S/C11H7ClO4S/c1-15-11(14)7-3-2-6(16-7)10(13)8-4-5-9(12)17-8/h2-5H,1H3. The van der Waals surface area contributed by atoms with Gasteiger partial charge in [0.15, 0.2) is 5.76 Å². The van der Waals surface area contributed by atoms with Gasteiger partial charge in [-0.25, -0.2) is 4.79 Å². The Hall–Kier alpha value is -1.59. The highest BCUT2D eigenvalue weighted by Gasteiger charge is 2.18. The van der Waals surface area contributed by atoms with E-state index in [1.54, 1.807) is 12.1 Å². The van der Waals surface area contributed by atoms with E-state index in [1.165, 1.54) is 19.2 Å². The maximum Gasteiger partial charge on any atom is 0.373 e. The van der Waals surface area contributed by atoms with E-state index in [2.05, 4.69) is 4.74 Å². The second-order valence-electron chi connectivity index (χ2n) is 3.09. The van der Waals surface area contributed by atoms with E-state index in [4.69, 9.17) is 16.0 Å². The van der Waals surface area contributed by atoms with Gasteiger partial charge in [-0.05, 0) is 24.3 Å². The molecule has 2 aromatic rings. The van der Waals surface area contributed by atoms with Crippen LogP contribution in [0.25, 0.3) is 0 Å². The summed E-state index contributed by atoms with van der Waals surface area (Å²) in [6.07, 6.45) is 0. The van der Waals surface area contributed by atoms with Crippen LogP contribution in [0.4, 0.5) is 0 Å². The number of furan rings is 1. The van der Waals surface area contributed by atoms with Crippen LogP contribution >= 0.6 is 22.9 Å². The predicted octanol–water partition coefficient (Wildman–Crippen LogP) is 3.01. The number of carbonyl (C=O) groups excluding carboxylic acids is 2. The fourth-order valence-corrected chi connectivity index (χ4v) is 2.22. The van der Waals surface area contributed by atoms with Gasteiger partial charge in [-0.2, -0.15) is 0 Å². The van der Waals surface area contributed by atoms with Crippen molar-refractivity contribution in [1.82, 2.24) is 0 Å². The molecule has 0 atom stereocenters. The lowest BCUT2D eigenvalue weighted by atomic mass is 10.2. The first-order chi connectivity index (χ1) is 8.11. The minimum absolute atomic E-state index is 0.00139. The molecule has 0 aromatic carbocycles. The number of esters is 1. The molecule has 4 nitrogen and oxygen atoms in total. The Balaban J connectivity index is 2.26. The molecule has 0 amide bonds.